The minimum absolute atomic E-state index is 0. The third-order valence-electron chi connectivity index (χ3n) is 6.23. The number of anilines is 1. The maximum atomic E-state index is 13.0. The largest absolute Gasteiger partial charge is 0.497 e. The van der Waals surface area contributed by atoms with Crippen LogP contribution in [0.4, 0.5) is 5.69 Å². The number of ether oxygens (including phenoxy) is 1. The molecule has 180 valence electrons. The second-order valence-corrected chi connectivity index (χ2v) is 8.16. The van der Waals surface area contributed by atoms with Crippen LogP contribution in [0.2, 0.25) is 0 Å². The lowest BCUT2D eigenvalue weighted by atomic mass is 10.1. The van der Waals surface area contributed by atoms with Crippen molar-refractivity contribution in [1.29, 1.82) is 0 Å². The molecule has 0 amide bonds. The number of piperazine rings is 1. The fourth-order valence-corrected chi connectivity index (χ4v) is 4.42. The summed E-state index contributed by atoms with van der Waals surface area (Å²) in [5.41, 5.74) is 2.78. The van der Waals surface area contributed by atoms with Gasteiger partial charge in [-0.05, 0) is 31.2 Å². The quantitative estimate of drug-likeness (QED) is 0.372. The maximum Gasteiger partial charge on any atom is 0.262 e. The first kappa shape index (κ1) is 25.7. The molecule has 9 heteroatoms. The highest BCUT2D eigenvalue weighted by atomic mass is 35.5. The van der Waals surface area contributed by atoms with Crippen molar-refractivity contribution in [3.05, 3.63) is 71.4 Å². The topological polar surface area (TPSA) is 63.5 Å². The molecule has 0 radical (unpaired) electrons. The molecule has 1 aliphatic rings. The zero-order valence-electron chi connectivity index (χ0n) is 19.1. The van der Waals surface area contributed by atoms with Crippen molar-refractivity contribution < 1.29 is 4.74 Å². The highest BCUT2D eigenvalue weighted by Crippen LogP contribution is 2.22. The lowest BCUT2D eigenvalue weighted by Gasteiger charge is -2.36. The molecule has 0 spiro atoms. The molecule has 1 saturated heterocycles. The molecule has 4 aromatic rings. The molecule has 1 aliphatic heterocycles. The standard InChI is InChI=1S/C25H27N5O2.2ClH/c1-32-20-7-4-6-19(16-20)29-14-12-28(13-15-29)10-5-11-30-18-27-24-21-8-2-3-9-23(21)26-17-22(24)25(30)31;;/h2-4,6-9,16-18H,5,10-15H2,1H3;2*1H. The Balaban J connectivity index is 0.00000162. The fraction of sp³-hybridized carbons (Fsp3) is 0.320. The lowest BCUT2D eigenvalue weighted by molar-refractivity contribution is 0.250. The van der Waals surface area contributed by atoms with Gasteiger partial charge in [0.2, 0.25) is 0 Å². The van der Waals surface area contributed by atoms with E-state index in [1.807, 2.05) is 36.4 Å². The van der Waals surface area contributed by atoms with Gasteiger partial charge in [0.25, 0.3) is 5.56 Å². The number of fused-ring (bicyclic) bond motifs is 3. The average Bonchev–Trinajstić information content (AvgIpc) is 2.85. The van der Waals surface area contributed by atoms with Crippen LogP contribution < -0.4 is 15.2 Å². The molecular formula is C25H29Cl2N5O2. The number of pyridine rings is 1. The van der Waals surface area contributed by atoms with Crippen LogP contribution >= 0.6 is 24.8 Å². The molecule has 0 bridgehead atoms. The van der Waals surface area contributed by atoms with Crippen molar-refractivity contribution in [2.24, 2.45) is 0 Å². The van der Waals surface area contributed by atoms with E-state index in [1.54, 1.807) is 24.2 Å². The first-order chi connectivity index (χ1) is 15.7. The number of aryl methyl sites for hydroxylation is 1. The van der Waals surface area contributed by atoms with Crippen LogP contribution in [0.3, 0.4) is 0 Å². The monoisotopic (exact) mass is 501 g/mol. The van der Waals surface area contributed by atoms with E-state index in [-0.39, 0.29) is 30.4 Å². The van der Waals surface area contributed by atoms with Crippen LogP contribution in [0.1, 0.15) is 6.42 Å². The Bertz CT molecular complexity index is 1310. The summed E-state index contributed by atoms with van der Waals surface area (Å²) in [6.07, 6.45) is 4.24. The van der Waals surface area contributed by atoms with Crippen molar-refractivity contribution in [3.8, 4) is 5.75 Å². The number of hydrogen-bond acceptors (Lipinski definition) is 6. The van der Waals surface area contributed by atoms with Crippen LogP contribution in [0.15, 0.2) is 65.8 Å². The van der Waals surface area contributed by atoms with E-state index in [0.29, 0.717) is 11.9 Å². The normalized spacial score (nSPS) is 14.0. The zero-order valence-corrected chi connectivity index (χ0v) is 20.7. The first-order valence-corrected chi connectivity index (χ1v) is 11.1. The summed E-state index contributed by atoms with van der Waals surface area (Å²) in [7, 11) is 1.70. The molecule has 2 aromatic heterocycles. The van der Waals surface area contributed by atoms with Crippen LogP contribution in [-0.4, -0.2) is 59.3 Å². The van der Waals surface area contributed by atoms with Gasteiger partial charge >= 0.3 is 0 Å². The molecule has 7 nitrogen and oxygen atoms in total. The number of aromatic nitrogens is 3. The van der Waals surface area contributed by atoms with Gasteiger partial charge in [-0.15, -0.1) is 24.8 Å². The Morgan fingerprint density at radius 3 is 2.50 bits per heavy atom. The number of para-hydroxylation sites is 1. The smallest absolute Gasteiger partial charge is 0.262 e. The minimum Gasteiger partial charge on any atom is -0.497 e. The van der Waals surface area contributed by atoms with Crippen molar-refractivity contribution in [1.82, 2.24) is 19.4 Å². The van der Waals surface area contributed by atoms with E-state index in [0.717, 1.165) is 61.3 Å². The molecule has 0 atom stereocenters. The summed E-state index contributed by atoms with van der Waals surface area (Å²) in [6, 6.07) is 16.0. The molecule has 34 heavy (non-hydrogen) atoms. The Hall–Kier alpha value is -2.87. The fourth-order valence-electron chi connectivity index (χ4n) is 4.42. The Morgan fingerprint density at radius 2 is 1.71 bits per heavy atom. The zero-order chi connectivity index (χ0) is 21.9. The SMILES string of the molecule is COc1cccc(N2CCN(CCCn3cnc4c(cnc5ccccc54)c3=O)CC2)c1.Cl.Cl. The third-order valence-corrected chi connectivity index (χ3v) is 6.23. The van der Waals surface area contributed by atoms with Gasteiger partial charge in [0.05, 0.1) is 29.9 Å². The Morgan fingerprint density at radius 1 is 0.912 bits per heavy atom. The van der Waals surface area contributed by atoms with Crippen LogP contribution in [0.25, 0.3) is 21.8 Å². The number of halogens is 2. The van der Waals surface area contributed by atoms with E-state index in [1.165, 1.54) is 5.69 Å². The van der Waals surface area contributed by atoms with E-state index in [9.17, 15) is 4.79 Å². The lowest BCUT2D eigenvalue weighted by Crippen LogP contribution is -2.46. The van der Waals surface area contributed by atoms with E-state index in [4.69, 9.17) is 4.74 Å². The van der Waals surface area contributed by atoms with Gasteiger partial charge in [-0.1, -0.05) is 24.3 Å². The highest BCUT2D eigenvalue weighted by molar-refractivity contribution is 6.02. The summed E-state index contributed by atoms with van der Waals surface area (Å²) in [5, 5.41) is 1.50. The van der Waals surface area contributed by atoms with Crippen molar-refractivity contribution in [3.63, 3.8) is 0 Å². The van der Waals surface area contributed by atoms with Gasteiger partial charge in [-0.25, -0.2) is 4.98 Å². The molecule has 5 rings (SSSR count). The third kappa shape index (κ3) is 5.27. The van der Waals surface area contributed by atoms with Gasteiger partial charge < -0.3 is 9.64 Å². The Labute approximate surface area is 211 Å². The van der Waals surface area contributed by atoms with E-state index >= 15 is 0 Å². The summed E-state index contributed by atoms with van der Waals surface area (Å²) in [6.45, 7) is 5.62. The van der Waals surface area contributed by atoms with Crippen molar-refractivity contribution >= 4 is 52.3 Å². The number of nitrogens with zero attached hydrogens (tertiary/aromatic N) is 5. The summed E-state index contributed by atoms with van der Waals surface area (Å²) >= 11 is 0. The van der Waals surface area contributed by atoms with Crippen molar-refractivity contribution in [2.45, 2.75) is 13.0 Å². The molecule has 0 N–H and O–H groups in total. The number of hydrogen-bond donors (Lipinski definition) is 0. The molecule has 0 saturated carbocycles. The Kier molecular flexibility index (Phi) is 8.72. The molecule has 3 heterocycles. The molecule has 1 fully saturated rings. The number of rotatable bonds is 6. The van der Waals surface area contributed by atoms with Gasteiger partial charge in [0.15, 0.2) is 0 Å². The highest BCUT2D eigenvalue weighted by Gasteiger charge is 2.17. The predicted molar refractivity (Wildman–Crippen MR) is 142 cm³/mol. The van der Waals surface area contributed by atoms with Crippen LogP contribution in [0, 0.1) is 0 Å². The second-order valence-electron chi connectivity index (χ2n) is 8.16. The van der Waals surface area contributed by atoms with Gasteiger partial charge in [0, 0.05) is 56.1 Å². The maximum absolute atomic E-state index is 13.0. The minimum atomic E-state index is -0.0175. The predicted octanol–water partition coefficient (Wildman–Crippen LogP) is 4.01. The van der Waals surface area contributed by atoms with Gasteiger partial charge in [-0.2, -0.15) is 0 Å². The summed E-state index contributed by atoms with van der Waals surface area (Å²) < 4.78 is 7.06. The first-order valence-electron chi connectivity index (χ1n) is 11.1. The van der Waals surface area contributed by atoms with E-state index in [2.05, 4.69) is 31.9 Å². The molecular weight excluding hydrogens is 473 g/mol. The van der Waals surface area contributed by atoms with Crippen LogP contribution in [-0.2, 0) is 6.54 Å². The summed E-state index contributed by atoms with van der Waals surface area (Å²) in [4.78, 5) is 26.8. The van der Waals surface area contributed by atoms with Crippen molar-refractivity contribution in [2.75, 3.05) is 44.7 Å². The molecule has 0 unspecified atom stereocenters. The van der Waals surface area contributed by atoms with Gasteiger partial charge in [-0.3, -0.25) is 19.2 Å². The molecule has 2 aromatic carbocycles. The van der Waals surface area contributed by atoms with E-state index < -0.39 is 0 Å². The average molecular weight is 502 g/mol. The van der Waals surface area contributed by atoms with Crippen LogP contribution in [0.5, 0.6) is 5.75 Å². The van der Waals surface area contributed by atoms with Gasteiger partial charge in [0.1, 0.15) is 5.75 Å². The molecule has 0 aliphatic carbocycles. The number of methoxy groups -OCH3 is 1. The number of benzene rings is 2. The summed E-state index contributed by atoms with van der Waals surface area (Å²) in [5.74, 6) is 0.891. The second kappa shape index (κ2) is 11.5.